The van der Waals surface area contributed by atoms with Crippen molar-refractivity contribution in [2.24, 2.45) is 39.4 Å². The molecule has 0 aromatic rings. The van der Waals surface area contributed by atoms with Crippen molar-refractivity contribution < 1.29 is 24.5 Å². The van der Waals surface area contributed by atoms with Crippen molar-refractivity contribution in [1.29, 1.82) is 0 Å². The fraction of sp³-hybridized carbons (Fsp3) is 0.812. The van der Waals surface area contributed by atoms with E-state index in [1.54, 1.807) is 24.1 Å². The van der Waals surface area contributed by atoms with E-state index in [1.807, 2.05) is 0 Å². The fourth-order valence-corrected chi connectivity index (χ4v) is 9.78. The zero-order valence-corrected chi connectivity index (χ0v) is 24.4. The van der Waals surface area contributed by atoms with Gasteiger partial charge in [0.1, 0.15) is 6.10 Å². The van der Waals surface area contributed by atoms with E-state index in [-0.39, 0.29) is 45.8 Å². The number of aliphatic hydroxyl groups excluding tert-OH is 1. The number of carbonyl (C=O) groups is 2. The van der Waals surface area contributed by atoms with Gasteiger partial charge in [-0.2, -0.15) is 0 Å². The Labute approximate surface area is 224 Å². The van der Waals surface area contributed by atoms with Gasteiger partial charge in [0.2, 0.25) is 0 Å². The highest BCUT2D eigenvalue weighted by Crippen LogP contribution is 2.72. The molecule has 4 rings (SSSR count). The van der Waals surface area contributed by atoms with Crippen molar-refractivity contribution >= 4 is 11.9 Å². The summed E-state index contributed by atoms with van der Waals surface area (Å²) < 4.78 is 5.83. The number of aliphatic carboxylic acids is 1. The Bertz CT molecular complexity index is 1010. The van der Waals surface area contributed by atoms with Crippen molar-refractivity contribution in [2.45, 2.75) is 125 Å². The molecule has 8 atom stereocenters. The molecule has 4 aliphatic rings. The fourth-order valence-electron chi connectivity index (χ4n) is 9.78. The average molecular weight is 515 g/mol. The van der Waals surface area contributed by atoms with Crippen LogP contribution in [0, 0.1) is 39.4 Å². The predicted molar refractivity (Wildman–Crippen MR) is 146 cm³/mol. The van der Waals surface area contributed by atoms with E-state index in [1.165, 1.54) is 6.92 Å². The summed E-state index contributed by atoms with van der Waals surface area (Å²) in [6.45, 7) is 17.3. The highest BCUT2D eigenvalue weighted by molar-refractivity contribution is 5.85. The molecule has 5 nitrogen and oxygen atoms in total. The van der Waals surface area contributed by atoms with Gasteiger partial charge in [0.05, 0.1) is 6.10 Å². The van der Waals surface area contributed by atoms with Crippen LogP contribution in [0.3, 0.4) is 0 Å². The maximum Gasteiger partial charge on any atom is 0.330 e. The molecule has 2 fully saturated rings. The van der Waals surface area contributed by atoms with E-state index < -0.39 is 5.97 Å². The molecule has 37 heavy (non-hydrogen) atoms. The number of ether oxygens (including phenoxy) is 1. The third-order valence-electron chi connectivity index (χ3n) is 12.3. The third-order valence-corrected chi connectivity index (χ3v) is 12.3. The van der Waals surface area contributed by atoms with E-state index >= 15 is 0 Å². The molecular formula is C32H50O5. The van der Waals surface area contributed by atoms with Crippen LogP contribution in [0.4, 0.5) is 0 Å². The Hall–Kier alpha value is -1.62. The predicted octanol–water partition coefficient (Wildman–Crippen LogP) is 7.09. The first-order valence-corrected chi connectivity index (χ1v) is 14.6. The summed E-state index contributed by atoms with van der Waals surface area (Å²) in [4.78, 5) is 23.4. The lowest BCUT2D eigenvalue weighted by atomic mass is 9.43. The summed E-state index contributed by atoms with van der Waals surface area (Å²) in [5.74, 6) is -0.157. The molecule has 0 bridgehead atoms. The molecule has 0 unspecified atom stereocenters. The average Bonchev–Trinajstić information content (AvgIpc) is 3.09. The molecule has 5 heteroatoms. The number of allylic oxidation sites excluding steroid dienone is 2. The Balaban J connectivity index is 1.66. The van der Waals surface area contributed by atoms with Gasteiger partial charge in [0, 0.05) is 18.9 Å². The lowest BCUT2D eigenvalue weighted by molar-refractivity contribution is -0.151. The lowest BCUT2D eigenvalue weighted by Gasteiger charge is -2.62. The number of fused-ring (bicyclic) bond motifs is 4. The number of hydrogen-bond acceptors (Lipinski definition) is 4. The monoisotopic (exact) mass is 514 g/mol. The number of carboxylic acid groups (broad SMARTS) is 1. The minimum Gasteiger partial charge on any atom is -0.478 e. The summed E-state index contributed by atoms with van der Waals surface area (Å²) in [5.41, 5.74) is 4.05. The Morgan fingerprint density at radius 3 is 2.30 bits per heavy atom. The molecule has 0 aliphatic heterocycles. The number of aliphatic hydroxyl groups is 1. The molecule has 0 saturated heterocycles. The highest BCUT2D eigenvalue weighted by Gasteiger charge is 2.63. The van der Waals surface area contributed by atoms with Crippen LogP contribution in [0.1, 0.15) is 113 Å². The lowest BCUT2D eigenvalue weighted by Crippen LogP contribution is -2.55. The normalized spacial score (nSPS) is 40.8. The Kier molecular flexibility index (Phi) is 7.32. The van der Waals surface area contributed by atoms with Crippen LogP contribution in [0.15, 0.2) is 22.8 Å². The zero-order chi connectivity index (χ0) is 27.6. The second-order valence-corrected chi connectivity index (χ2v) is 14.2. The van der Waals surface area contributed by atoms with Gasteiger partial charge in [-0.15, -0.1) is 0 Å². The van der Waals surface area contributed by atoms with Gasteiger partial charge in [-0.05, 0) is 97.7 Å². The topological polar surface area (TPSA) is 83.8 Å². The molecular weight excluding hydrogens is 464 g/mol. The van der Waals surface area contributed by atoms with E-state index in [0.29, 0.717) is 23.8 Å². The standard InChI is InChI=1S/C32H50O5/c1-19(28(35)36)9-11-25(37-21(3)33)20(2)22-13-17-32(8)24-10-12-26-29(4,5)27(34)15-16-30(26,6)23(24)14-18-31(22,32)7/h9,20,22,25-27,34H,10-18H2,1-8H3,(H,35,36)/t20-,22+,25+,26-,27+,30+,31+,32-/m0/s1. The van der Waals surface area contributed by atoms with Crippen LogP contribution in [0.2, 0.25) is 0 Å². The van der Waals surface area contributed by atoms with E-state index in [4.69, 9.17) is 4.74 Å². The van der Waals surface area contributed by atoms with Crippen LogP contribution in [0.5, 0.6) is 0 Å². The minimum absolute atomic E-state index is 0.0568. The molecule has 0 amide bonds. The molecule has 4 aliphatic carbocycles. The maximum absolute atomic E-state index is 12.0. The van der Waals surface area contributed by atoms with Crippen molar-refractivity contribution in [2.75, 3.05) is 0 Å². The van der Waals surface area contributed by atoms with Crippen LogP contribution in [-0.4, -0.2) is 34.4 Å². The maximum atomic E-state index is 12.0. The second-order valence-electron chi connectivity index (χ2n) is 14.2. The molecule has 208 valence electrons. The van der Waals surface area contributed by atoms with Gasteiger partial charge in [-0.3, -0.25) is 4.79 Å². The van der Waals surface area contributed by atoms with Crippen molar-refractivity contribution in [3.63, 3.8) is 0 Å². The number of carboxylic acids is 1. The van der Waals surface area contributed by atoms with Gasteiger partial charge in [-0.25, -0.2) is 4.79 Å². The Morgan fingerprint density at radius 2 is 1.68 bits per heavy atom. The number of hydrogen-bond donors (Lipinski definition) is 2. The first-order chi connectivity index (χ1) is 17.1. The molecule has 0 aromatic heterocycles. The van der Waals surface area contributed by atoms with E-state index in [9.17, 15) is 19.8 Å². The highest BCUT2D eigenvalue weighted by atomic mass is 16.5. The van der Waals surface area contributed by atoms with Gasteiger partial charge >= 0.3 is 11.9 Å². The second kappa shape index (κ2) is 9.54. The van der Waals surface area contributed by atoms with Crippen LogP contribution < -0.4 is 0 Å². The van der Waals surface area contributed by atoms with Crippen LogP contribution in [0.25, 0.3) is 0 Å². The molecule has 0 spiro atoms. The molecule has 2 N–H and O–H groups in total. The first-order valence-electron chi connectivity index (χ1n) is 14.6. The third kappa shape index (κ3) is 4.32. The van der Waals surface area contributed by atoms with Crippen molar-refractivity contribution in [3.05, 3.63) is 22.8 Å². The molecule has 0 aromatic carbocycles. The summed E-state index contributed by atoms with van der Waals surface area (Å²) in [7, 11) is 0. The number of rotatable bonds is 6. The molecule has 0 heterocycles. The van der Waals surface area contributed by atoms with Crippen molar-refractivity contribution in [1.82, 2.24) is 0 Å². The van der Waals surface area contributed by atoms with E-state index in [2.05, 4.69) is 41.5 Å². The minimum atomic E-state index is -0.927. The smallest absolute Gasteiger partial charge is 0.330 e. The molecule has 2 saturated carbocycles. The van der Waals surface area contributed by atoms with Crippen molar-refractivity contribution in [3.8, 4) is 0 Å². The van der Waals surface area contributed by atoms with Gasteiger partial charge in [0.25, 0.3) is 0 Å². The summed E-state index contributed by atoms with van der Waals surface area (Å²) in [6.07, 6.45) is 10.4. The van der Waals surface area contributed by atoms with Gasteiger partial charge in [-0.1, -0.05) is 58.8 Å². The summed E-state index contributed by atoms with van der Waals surface area (Å²) >= 11 is 0. The SMILES string of the molecule is CC(=O)O[C@H](CC=C(C)C(=O)O)[C@@H](C)[C@H]1CC[C@@]2(C)C3=C(CC[C@]12C)[C@@]1(C)CC[C@@H](O)C(C)(C)[C@@H]1CC3. The summed E-state index contributed by atoms with van der Waals surface area (Å²) in [6, 6.07) is 0. The van der Waals surface area contributed by atoms with E-state index in [0.717, 1.165) is 51.4 Å². The van der Waals surface area contributed by atoms with Gasteiger partial charge < -0.3 is 14.9 Å². The largest absolute Gasteiger partial charge is 0.478 e. The van der Waals surface area contributed by atoms with Crippen LogP contribution >= 0.6 is 0 Å². The number of carbonyl (C=O) groups excluding carboxylic acids is 1. The molecule has 0 radical (unpaired) electrons. The summed E-state index contributed by atoms with van der Waals surface area (Å²) in [5, 5.41) is 20.2. The zero-order valence-electron chi connectivity index (χ0n) is 24.4. The quantitative estimate of drug-likeness (QED) is 0.225. The Morgan fingerprint density at radius 1 is 1.00 bits per heavy atom. The van der Waals surface area contributed by atoms with Gasteiger partial charge in [0.15, 0.2) is 0 Å². The number of esters is 1. The van der Waals surface area contributed by atoms with Crippen LogP contribution in [-0.2, 0) is 14.3 Å². The first kappa shape index (κ1) is 28.4.